The van der Waals surface area contributed by atoms with Crippen LogP contribution in [0.5, 0.6) is 0 Å². The molecule has 0 aliphatic carbocycles. The maximum Gasteiger partial charge on any atom is 0.410 e. The predicted molar refractivity (Wildman–Crippen MR) is 86.2 cm³/mol. The lowest BCUT2D eigenvalue weighted by Gasteiger charge is -2.29. The molecule has 0 fully saturated rings. The highest BCUT2D eigenvalue weighted by atomic mass is 16.6. The van der Waals surface area contributed by atoms with Gasteiger partial charge in [-0.1, -0.05) is 12.7 Å². The Hall–Kier alpha value is -2.09. The first kappa shape index (κ1) is 21.9. The van der Waals surface area contributed by atoms with E-state index in [1.165, 1.54) is 13.2 Å². The molecule has 0 rings (SSSR count). The highest BCUT2D eigenvalue weighted by Crippen LogP contribution is 2.13. The van der Waals surface area contributed by atoms with Crippen molar-refractivity contribution in [2.75, 3.05) is 26.9 Å². The number of esters is 2. The Morgan fingerprint density at radius 1 is 1.25 bits per heavy atom. The van der Waals surface area contributed by atoms with Crippen LogP contribution in [0.15, 0.2) is 12.7 Å². The van der Waals surface area contributed by atoms with Gasteiger partial charge in [0.25, 0.3) is 0 Å². The topological polar surface area (TPSA) is 102 Å². The normalized spacial score (nSPS) is 12.0. The molecule has 24 heavy (non-hydrogen) atoms. The van der Waals surface area contributed by atoms with E-state index in [-0.39, 0.29) is 19.4 Å². The summed E-state index contributed by atoms with van der Waals surface area (Å²) in [7, 11) is 1.18. The first-order chi connectivity index (χ1) is 11.1. The number of rotatable bonds is 9. The molecule has 0 aliphatic heterocycles. The molecule has 0 saturated carbocycles. The van der Waals surface area contributed by atoms with Gasteiger partial charge in [-0.3, -0.25) is 14.5 Å². The van der Waals surface area contributed by atoms with Crippen LogP contribution in [-0.4, -0.2) is 66.5 Å². The van der Waals surface area contributed by atoms with E-state index in [0.717, 1.165) is 4.90 Å². The highest BCUT2D eigenvalue weighted by Gasteiger charge is 2.28. The van der Waals surface area contributed by atoms with E-state index in [1.807, 2.05) is 0 Å². The molecule has 0 unspecified atom stereocenters. The molecular formula is C16H27NO7. The van der Waals surface area contributed by atoms with Gasteiger partial charge in [0.1, 0.15) is 18.8 Å². The number of aliphatic hydroxyl groups is 1. The van der Waals surface area contributed by atoms with E-state index in [1.54, 1.807) is 20.8 Å². The Morgan fingerprint density at radius 2 is 1.88 bits per heavy atom. The third-order valence-electron chi connectivity index (χ3n) is 2.84. The molecule has 8 heteroatoms. The molecule has 0 saturated heterocycles. The van der Waals surface area contributed by atoms with Crippen molar-refractivity contribution >= 4 is 18.0 Å². The van der Waals surface area contributed by atoms with E-state index in [0.29, 0.717) is 0 Å². The van der Waals surface area contributed by atoms with Crippen LogP contribution in [0, 0.1) is 0 Å². The van der Waals surface area contributed by atoms with E-state index in [4.69, 9.17) is 9.47 Å². The molecule has 138 valence electrons. The number of aliphatic hydroxyl groups excluding tert-OH is 1. The predicted octanol–water partition coefficient (Wildman–Crippen LogP) is 1.27. The summed E-state index contributed by atoms with van der Waals surface area (Å²) in [5, 5.41) is 9.53. The van der Waals surface area contributed by atoms with Crippen LogP contribution >= 0.6 is 0 Å². The summed E-state index contributed by atoms with van der Waals surface area (Å²) >= 11 is 0. The van der Waals surface area contributed by atoms with Crippen LogP contribution in [0.4, 0.5) is 4.79 Å². The minimum absolute atomic E-state index is 0.0189. The number of nitrogens with zero attached hydrogens (tertiary/aromatic N) is 1. The SMILES string of the molecule is C=CCOC(=O)N(CC(=O)OC)[C@H](CO)CCC(=O)OC(C)(C)C. The van der Waals surface area contributed by atoms with Crippen LogP contribution in [-0.2, 0) is 23.8 Å². The molecule has 0 spiro atoms. The lowest BCUT2D eigenvalue weighted by molar-refractivity contribution is -0.155. The van der Waals surface area contributed by atoms with Crippen molar-refractivity contribution in [2.24, 2.45) is 0 Å². The van der Waals surface area contributed by atoms with E-state index in [2.05, 4.69) is 11.3 Å². The monoisotopic (exact) mass is 345 g/mol. The maximum atomic E-state index is 12.0. The van der Waals surface area contributed by atoms with Gasteiger partial charge in [-0.2, -0.15) is 0 Å². The number of amides is 1. The smallest absolute Gasteiger partial charge is 0.410 e. The van der Waals surface area contributed by atoms with Crippen molar-refractivity contribution < 1.29 is 33.7 Å². The Bertz CT molecular complexity index is 442. The molecule has 8 nitrogen and oxygen atoms in total. The first-order valence-corrected chi connectivity index (χ1v) is 7.58. The van der Waals surface area contributed by atoms with Crippen LogP contribution in [0.3, 0.4) is 0 Å². The average molecular weight is 345 g/mol. The fourth-order valence-electron chi connectivity index (χ4n) is 1.78. The summed E-state index contributed by atoms with van der Waals surface area (Å²) in [4.78, 5) is 36.3. The number of ether oxygens (including phenoxy) is 3. The minimum Gasteiger partial charge on any atom is -0.468 e. The molecule has 1 amide bonds. The molecule has 0 heterocycles. The number of carbonyl (C=O) groups is 3. The third-order valence-corrected chi connectivity index (χ3v) is 2.84. The number of methoxy groups -OCH3 is 1. The Morgan fingerprint density at radius 3 is 2.33 bits per heavy atom. The molecule has 0 radical (unpaired) electrons. The quantitative estimate of drug-likeness (QED) is 0.381. The van der Waals surface area contributed by atoms with Crippen LogP contribution in [0.1, 0.15) is 33.6 Å². The minimum atomic E-state index is -0.802. The standard InChI is InChI=1S/C16H27NO7/c1-6-9-23-15(21)17(10-14(20)22-5)12(11-18)7-8-13(19)24-16(2,3)4/h6,12,18H,1,7-11H2,2-5H3/t12-/m0/s1. The van der Waals surface area contributed by atoms with Gasteiger partial charge < -0.3 is 19.3 Å². The van der Waals surface area contributed by atoms with Crippen molar-refractivity contribution in [3.8, 4) is 0 Å². The summed E-state index contributed by atoms with van der Waals surface area (Å²) in [6, 6.07) is -0.783. The molecule has 1 N–H and O–H groups in total. The van der Waals surface area contributed by atoms with E-state index < -0.39 is 42.8 Å². The van der Waals surface area contributed by atoms with Crippen molar-refractivity contribution in [1.82, 2.24) is 4.90 Å². The zero-order valence-electron chi connectivity index (χ0n) is 14.7. The molecule has 0 aromatic carbocycles. The average Bonchev–Trinajstić information content (AvgIpc) is 2.49. The largest absolute Gasteiger partial charge is 0.468 e. The molecule has 0 bridgehead atoms. The van der Waals surface area contributed by atoms with Crippen molar-refractivity contribution in [3.63, 3.8) is 0 Å². The molecule has 0 aromatic heterocycles. The lowest BCUT2D eigenvalue weighted by Crippen LogP contribution is -2.46. The third kappa shape index (κ3) is 9.14. The second-order valence-corrected chi connectivity index (χ2v) is 6.03. The van der Waals surface area contributed by atoms with Gasteiger partial charge in [-0.25, -0.2) is 4.79 Å². The molecular weight excluding hydrogens is 318 g/mol. The zero-order chi connectivity index (χ0) is 18.8. The number of hydrogen-bond acceptors (Lipinski definition) is 7. The van der Waals surface area contributed by atoms with Gasteiger partial charge in [0.15, 0.2) is 0 Å². The summed E-state index contributed by atoms with van der Waals surface area (Å²) in [6.45, 7) is 7.77. The molecule has 0 aromatic rings. The van der Waals surface area contributed by atoms with Crippen LogP contribution in [0.25, 0.3) is 0 Å². The van der Waals surface area contributed by atoms with Crippen molar-refractivity contribution in [3.05, 3.63) is 12.7 Å². The summed E-state index contributed by atoms with van der Waals surface area (Å²) in [5.74, 6) is -1.13. The number of carbonyl (C=O) groups excluding carboxylic acids is 3. The zero-order valence-corrected chi connectivity index (χ0v) is 14.7. The lowest BCUT2D eigenvalue weighted by atomic mass is 10.1. The Labute approximate surface area is 142 Å². The van der Waals surface area contributed by atoms with Gasteiger partial charge in [0, 0.05) is 6.42 Å². The van der Waals surface area contributed by atoms with Crippen LogP contribution < -0.4 is 0 Å². The first-order valence-electron chi connectivity index (χ1n) is 7.58. The van der Waals surface area contributed by atoms with Crippen LogP contribution in [0.2, 0.25) is 0 Å². The second kappa shape index (κ2) is 10.6. The number of hydrogen-bond donors (Lipinski definition) is 1. The van der Waals surface area contributed by atoms with Gasteiger partial charge >= 0.3 is 18.0 Å². The van der Waals surface area contributed by atoms with E-state index in [9.17, 15) is 19.5 Å². The Balaban J connectivity index is 4.90. The van der Waals surface area contributed by atoms with Gasteiger partial charge in [0.05, 0.1) is 19.8 Å². The van der Waals surface area contributed by atoms with Gasteiger partial charge in [-0.05, 0) is 27.2 Å². The summed E-state index contributed by atoms with van der Waals surface area (Å²) < 4.78 is 14.6. The highest BCUT2D eigenvalue weighted by molar-refractivity contribution is 5.78. The van der Waals surface area contributed by atoms with Crippen molar-refractivity contribution in [2.45, 2.75) is 45.3 Å². The molecule has 0 aliphatic rings. The van der Waals surface area contributed by atoms with Gasteiger partial charge in [0.2, 0.25) is 0 Å². The fraction of sp³-hybridized carbons (Fsp3) is 0.688. The Kier molecular flexibility index (Phi) is 9.71. The van der Waals surface area contributed by atoms with E-state index >= 15 is 0 Å². The fourth-order valence-corrected chi connectivity index (χ4v) is 1.78. The van der Waals surface area contributed by atoms with Crippen molar-refractivity contribution in [1.29, 1.82) is 0 Å². The summed E-state index contributed by atoms with van der Waals surface area (Å²) in [6.07, 6.45) is 0.673. The molecule has 1 atom stereocenters. The maximum absolute atomic E-state index is 12.0. The van der Waals surface area contributed by atoms with Gasteiger partial charge in [-0.15, -0.1) is 0 Å². The second-order valence-electron chi connectivity index (χ2n) is 6.03. The summed E-state index contributed by atoms with van der Waals surface area (Å²) in [5.41, 5.74) is -0.625.